The minimum atomic E-state index is -0.0225. The first-order valence-electron chi connectivity index (χ1n) is 6.05. The van der Waals surface area contributed by atoms with Crippen LogP contribution in [0.2, 0.25) is 0 Å². The molecule has 0 bridgehead atoms. The summed E-state index contributed by atoms with van der Waals surface area (Å²) >= 11 is 3.34. The summed E-state index contributed by atoms with van der Waals surface area (Å²) in [5.74, 6) is 0.708. The van der Waals surface area contributed by atoms with Gasteiger partial charge in [-0.05, 0) is 49.2 Å². The predicted octanol–water partition coefficient (Wildman–Crippen LogP) is 4.33. The van der Waals surface area contributed by atoms with Crippen LogP contribution < -0.4 is 4.74 Å². The third-order valence-corrected chi connectivity index (χ3v) is 3.54. The van der Waals surface area contributed by atoms with Crippen molar-refractivity contribution in [2.24, 2.45) is 0 Å². The summed E-state index contributed by atoms with van der Waals surface area (Å²) in [6.07, 6.45) is 0. The fourth-order valence-electron chi connectivity index (χ4n) is 1.67. The standard InChI is InChI=1S/C16H15BrO2/c1-11-3-8-15(9-12(11)2)19-10-16(18)13-4-6-14(17)7-5-13/h3-9H,10H2,1-2H3. The van der Waals surface area contributed by atoms with E-state index in [2.05, 4.69) is 15.9 Å². The van der Waals surface area contributed by atoms with E-state index in [0.29, 0.717) is 5.56 Å². The van der Waals surface area contributed by atoms with Crippen LogP contribution in [0, 0.1) is 13.8 Å². The molecule has 0 aliphatic heterocycles. The molecule has 0 saturated heterocycles. The Labute approximate surface area is 121 Å². The van der Waals surface area contributed by atoms with E-state index in [4.69, 9.17) is 4.74 Å². The normalized spacial score (nSPS) is 10.3. The smallest absolute Gasteiger partial charge is 0.200 e. The van der Waals surface area contributed by atoms with Crippen molar-refractivity contribution in [2.75, 3.05) is 6.61 Å². The molecule has 98 valence electrons. The summed E-state index contributed by atoms with van der Waals surface area (Å²) in [5, 5.41) is 0. The second-order valence-corrected chi connectivity index (χ2v) is 5.38. The van der Waals surface area contributed by atoms with E-state index < -0.39 is 0 Å². The molecule has 0 aliphatic carbocycles. The number of benzene rings is 2. The number of carbonyl (C=O) groups excluding carboxylic acids is 1. The Morgan fingerprint density at radius 3 is 2.37 bits per heavy atom. The van der Waals surface area contributed by atoms with E-state index in [1.807, 2.05) is 44.2 Å². The first-order chi connectivity index (χ1) is 9.06. The van der Waals surface area contributed by atoms with Gasteiger partial charge >= 0.3 is 0 Å². The molecule has 0 aliphatic rings. The van der Waals surface area contributed by atoms with Crippen LogP contribution in [0.3, 0.4) is 0 Å². The zero-order chi connectivity index (χ0) is 13.8. The lowest BCUT2D eigenvalue weighted by molar-refractivity contribution is 0.0921. The summed E-state index contributed by atoms with van der Waals surface area (Å²) in [5.41, 5.74) is 3.03. The second-order valence-electron chi connectivity index (χ2n) is 4.46. The van der Waals surface area contributed by atoms with Gasteiger partial charge in [0.05, 0.1) is 0 Å². The van der Waals surface area contributed by atoms with Gasteiger partial charge in [-0.2, -0.15) is 0 Å². The van der Waals surface area contributed by atoms with Crippen molar-refractivity contribution in [3.05, 3.63) is 63.6 Å². The minimum Gasteiger partial charge on any atom is -0.485 e. The molecule has 0 heterocycles. The zero-order valence-corrected chi connectivity index (χ0v) is 12.5. The number of rotatable bonds is 4. The van der Waals surface area contributed by atoms with Crippen LogP contribution in [-0.2, 0) is 0 Å². The Morgan fingerprint density at radius 1 is 1.05 bits per heavy atom. The van der Waals surface area contributed by atoms with Crippen molar-refractivity contribution in [1.29, 1.82) is 0 Å². The Hall–Kier alpha value is -1.61. The van der Waals surface area contributed by atoms with Gasteiger partial charge in [-0.25, -0.2) is 0 Å². The molecular formula is C16H15BrO2. The molecule has 0 unspecified atom stereocenters. The maximum atomic E-state index is 11.9. The SMILES string of the molecule is Cc1ccc(OCC(=O)c2ccc(Br)cc2)cc1C. The minimum absolute atomic E-state index is 0.0225. The quantitative estimate of drug-likeness (QED) is 0.784. The van der Waals surface area contributed by atoms with Gasteiger partial charge in [0, 0.05) is 10.0 Å². The molecule has 0 saturated carbocycles. The molecule has 0 atom stereocenters. The monoisotopic (exact) mass is 318 g/mol. The van der Waals surface area contributed by atoms with Gasteiger partial charge in [-0.15, -0.1) is 0 Å². The van der Waals surface area contributed by atoms with E-state index >= 15 is 0 Å². The number of ketones is 1. The predicted molar refractivity (Wildman–Crippen MR) is 79.9 cm³/mol. The van der Waals surface area contributed by atoms with Crippen LogP contribution in [0.4, 0.5) is 0 Å². The average molecular weight is 319 g/mol. The third kappa shape index (κ3) is 3.67. The maximum absolute atomic E-state index is 11.9. The summed E-state index contributed by atoms with van der Waals surface area (Å²) in [7, 11) is 0. The van der Waals surface area contributed by atoms with E-state index in [9.17, 15) is 4.79 Å². The van der Waals surface area contributed by atoms with Gasteiger partial charge in [0.2, 0.25) is 0 Å². The molecule has 0 amide bonds. The van der Waals surface area contributed by atoms with Gasteiger partial charge in [0.15, 0.2) is 12.4 Å². The Balaban J connectivity index is 2.00. The van der Waals surface area contributed by atoms with E-state index in [-0.39, 0.29) is 12.4 Å². The molecule has 0 spiro atoms. The van der Waals surface area contributed by atoms with Crippen LogP contribution in [0.15, 0.2) is 46.9 Å². The molecule has 2 aromatic rings. The Kier molecular flexibility index (Phi) is 4.38. The third-order valence-electron chi connectivity index (χ3n) is 3.01. The molecule has 2 nitrogen and oxygen atoms in total. The molecular weight excluding hydrogens is 304 g/mol. The summed E-state index contributed by atoms with van der Waals surface area (Å²) in [6.45, 7) is 4.13. The lowest BCUT2D eigenvalue weighted by Gasteiger charge is -2.08. The van der Waals surface area contributed by atoms with Crippen molar-refractivity contribution in [3.63, 3.8) is 0 Å². The van der Waals surface area contributed by atoms with Crippen molar-refractivity contribution in [2.45, 2.75) is 13.8 Å². The molecule has 2 aromatic carbocycles. The van der Waals surface area contributed by atoms with Crippen molar-refractivity contribution >= 4 is 21.7 Å². The molecule has 0 N–H and O–H groups in total. The molecule has 0 aromatic heterocycles. The lowest BCUT2D eigenvalue weighted by atomic mass is 10.1. The second kappa shape index (κ2) is 6.02. The van der Waals surface area contributed by atoms with Gasteiger partial charge in [-0.1, -0.05) is 34.1 Å². The number of carbonyl (C=O) groups is 1. The molecule has 19 heavy (non-hydrogen) atoms. The van der Waals surface area contributed by atoms with Crippen molar-refractivity contribution < 1.29 is 9.53 Å². The summed E-state index contributed by atoms with van der Waals surface area (Å²) < 4.78 is 6.48. The molecule has 2 rings (SSSR count). The van der Waals surface area contributed by atoms with Crippen LogP contribution in [0.25, 0.3) is 0 Å². The largest absolute Gasteiger partial charge is 0.485 e. The highest BCUT2D eigenvalue weighted by molar-refractivity contribution is 9.10. The van der Waals surface area contributed by atoms with Gasteiger partial charge in [-0.3, -0.25) is 4.79 Å². The first kappa shape index (κ1) is 13.8. The molecule has 3 heteroatoms. The molecule has 0 radical (unpaired) electrons. The number of hydrogen-bond donors (Lipinski definition) is 0. The van der Waals surface area contributed by atoms with Gasteiger partial charge < -0.3 is 4.74 Å². The summed E-state index contributed by atoms with van der Waals surface area (Å²) in [4.78, 5) is 11.9. The van der Waals surface area contributed by atoms with Crippen LogP contribution in [0.1, 0.15) is 21.5 Å². The van der Waals surface area contributed by atoms with Gasteiger partial charge in [0.1, 0.15) is 5.75 Å². The Morgan fingerprint density at radius 2 is 1.74 bits per heavy atom. The number of Topliss-reactive ketones (excluding diaryl/α,β-unsaturated/α-hetero) is 1. The van der Waals surface area contributed by atoms with Crippen LogP contribution in [-0.4, -0.2) is 12.4 Å². The van der Waals surface area contributed by atoms with E-state index in [0.717, 1.165) is 15.8 Å². The van der Waals surface area contributed by atoms with E-state index in [1.54, 1.807) is 12.1 Å². The van der Waals surface area contributed by atoms with Crippen molar-refractivity contribution in [3.8, 4) is 5.75 Å². The highest BCUT2D eigenvalue weighted by atomic mass is 79.9. The fraction of sp³-hybridized carbons (Fsp3) is 0.188. The first-order valence-corrected chi connectivity index (χ1v) is 6.84. The highest BCUT2D eigenvalue weighted by Crippen LogP contribution is 2.17. The molecule has 0 fully saturated rings. The van der Waals surface area contributed by atoms with Crippen LogP contribution >= 0.6 is 15.9 Å². The van der Waals surface area contributed by atoms with Crippen LogP contribution in [0.5, 0.6) is 5.75 Å². The topological polar surface area (TPSA) is 26.3 Å². The fourth-order valence-corrected chi connectivity index (χ4v) is 1.94. The van der Waals surface area contributed by atoms with Gasteiger partial charge in [0.25, 0.3) is 0 Å². The number of ether oxygens (including phenoxy) is 1. The number of halogens is 1. The highest BCUT2D eigenvalue weighted by Gasteiger charge is 2.07. The average Bonchev–Trinajstić information content (AvgIpc) is 2.40. The number of hydrogen-bond acceptors (Lipinski definition) is 2. The number of aryl methyl sites for hydroxylation is 2. The van der Waals surface area contributed by atoms with E-state index in [1.165, 1.54) is 5.56 Å². The van der Waals surface area contributed by atoms with Crippen molar-refractivity contribution in [1.82, 2.24) is 0 Å². The Bertz CT molecular complexity index is 588. The summed E-state index contributed by atoms with van der Waals surface area (Å²) in [6, 6.07) is 13.1. The zero-order valence-electron chi connectivity index (χ0n) is 10.9. The lowest BCUT2D eigenvalue weighted by Crippen LogP contribution is -2.11. The maximum Gasteiger partial charge on any atom is 0.200 e.